The zero-order valence-corrected chi connectivity index (χ0v) is 18.0. The third-order valence-corrected chi connectivity index (χ3v) is 6.72. The number of nitrogen functional groups attached to an aromatic ring is 1. The van der Waals surface area contributed by atoms with E-state index in [2.05, 4.69) is 20.9 Å². The van der Waals surface area contributed by atoms with Gasteiger partial charge < -0.3 is 11.2 Å². The van der Waals surface area contributed by atoms with E-state index in [4.69, 9.17) is 5.84 Å². The van der Waals surface area contributed by atoms with Crippen molar-refractivity contribution in [2.45, 2.75) is 55.6 Å². The second kappa shape index (κ2) is 8.58. The molecule has 4 amide bonds. The van der Waals surface area contributed by atoms with E-state index < -0.39 is 23.4 Å². The molecule has 4 rings (SSSR count). The highest BCUT2D eigenvalue weighted by molar-refractivity contribution is 7.99. The van der Waals surface area contributed by atoms with E-state index in [0.717, 1.165) is 48.3 Å². The minimum absolute atomic E-state index is 0.0703. The summed E-state index contributed by atoms with van der Waals surface area (Å²) >= 11 is 1.10. The van der Waals surface area contributed by atoms with Gasteiger partial charge in [0.05, 0.1) is 5.75 Å². The highest BCUT2D eigenvalue weighted by Gasteiger charge is 2.49. The molecule has 164 valence electrons. The molecule has 0 bridgehead atoms. The van der Waals surface area contributed by atoms with E-state index in [0.29, 0.717) is 10.7 Å². The number of amides is 4. The fourth-order valence-corrected chi connectivity index (χ4v) is 4.68. The Kier molecular flexibility index (Phi) is 5.86. The first-order valence-corrected chi connectivity index (χ1v) is 11.2. The Bertz CT molecular complexity index is 990. The number of rotatable bonds is 6. The lowest BCUT2D eigenvalue weighted by Crippen LogP contribution is -2.48. The van der Waals surface area contributed by atoms with Crippen LogP contribution in [0.4, 0.5) is 4.79 Å². The third kappa shape index (κ3) is 4.09. The summed E-state index contributed by atoms with van der Waals surface area (Å²) in [5.74, 6) is 6.02. The molecule has 10 nitrogen and oxygen atoms in total. The molecule has 1 aliphatic carbocycles. The number of urea groups is 1. The molecular weight excluding hydrogens is 418 g/mol. The van der Waals surface area contributed by atoms with Crippen LogP contribution in [-0.4, -0.2) is 43.5 Å². The molecular formula is C20H25N7O3S. The largest absolute Gasteiger partial charge is 0.344 e. The molecule has 2 heterocycles. The molecule has 1 aliphatic heterocycles. The maximum Gasteiger partial charge on any atom is 0.344 e. The van der Waals surface area contributed by atoms with Crippen molar-refractivity contribution in [2.24, 2.45) is 0 Å². The number of hydrogen-bond donors (Lipinski definition) is 3. The van der Waals surface area contributed by atoms with E-state index in [1.54, 1.807) is 31.2 Å². The Balaban J connectivity index is 1.37. The quantitative estimate of drug-likeness (QED) is 0.351. The predicted molar refractivity (Wildman–Crippen MR) is 114 cm³/mol. The van der Waals surface area contributed by atoms with E-state index in [-0.39, 0.29) is 11.7 Å². The number of carbonyl (C=O) groups excluding carboxylic acids is 3. The van der Waals surface area contributed by atoms with Crippen LogP contribution in [0, 0.1) is 0 Å². The number of nitrogens with one attached hydrogen (secondary N) is 2. The second-order valence-corrected chi connectivity index (χ2v) is 8.87. The van der Waals surface area contributed by atoms with E-state index in [1.807, 2.05) is 6.07 Å². The topological polar surface area (TPSA) is 135 Å². The molecule has 2 aliphatic rings. The summed E-state index contributed by atoms with van der Waals surface area (Å²) in [6, 6.07) is 8.19. The van der Waals surface area contributed by atoms with Crippen molar-refractivity contribution in [2.75, 3.05) is 11.6 Å². The minimum atomic E-state index is -1.24. The molecule has 0 radical (unpaired) electrons. The monoisotopic (exact) mass is 443 g/mol. The van der Waals surface area contributed by atoms with Crippen molar-refractivity contribution in [1.29, 1.82) is 0 Å². The van der Waals surface area contributed by atoms with Gasteiger partial charge in [0, 0.05) is 5.92 Å². The molecule has 2 fully saturated rings. The summed E-state index contributed by atoms with van der Waals surface area (Å²) < 4.78 is 1.44. The number of hydrogen-bond acceptors (Lipinski definition) is 7. The number of aromatic nitrogens is 3. The fourth-order valence-electron chi connectivity index (χ4n) is 4.02. The number of hydrazine groups is 1. The molecule has 1 saturated heterocycles. The standard InChI is InChI=1S/C20H25N7O3S/c1-20(14-10-6-3-7-11-14)17(29)27(18(30)22-20)25-15(28)12-31-19-24-23-16(26(19)21)13-8-4-2-5-9-13/h3,6-7,10-11,13H,2,4-5,8-9,12,21H2,1H3,(H,22,30)(H,25,28)/t20-/m0/s1. The second-order valence-electron chi connectivity index (χ2n) is 7.93. The minimum Gasteiger partial charge on any atom is -0.336 e. The normalized spacial score (nSPS) is 21.9. The maximum absolute atomic E-state index is 12.9. The SMILES string of the molecule is C[C@@]1(c2ccccc2)NC(=O)N(NC(=O)CSc2nnc(C3CCCCC3)n2N)C1=O. The van der Waals surface area contributed by atoms with Gasteiger partial charge in [0.2, 0.25) is 11.1 Å². The number of benzene rings is 1. The average Bonchev–Trinajstić information content (AvgIpc) is 3.26. The number of thioether (sulfide) groups is 1. The molecule has 2 aromatic rings. The summed E-state index contributed by atoms with van der Waals surface area (Å²) in [5.41, 5.74) is 1.76. The van der Waals surface area contributed by atoms with Crippen LogP contribution in [0.15, 0.2) is 35.5 Å². The van der Waals surface area contributed by atoms with E-state index in [1.165, 1.54) is 11.1 Å². The summed E-state index contributed by atoms with van der Waals surface area (Å²) in [6.45, 7) is 1.60. The van der Waals surface area contributed by atoms with Gasteiger partial charge in [0.1, 0.15) is 5.54 Å². The number of imide groups is 1. The van der Waals surface area contributed by atoms with E-state index >= 15 is 0 Å². The summed E-state index contributed by atoms with van der Waals surface area (Å²) in [6.07, 6.45) is 5.59. The van der Waals surface area contributed by atoms with Crippen LogP contribution in [0.1, 0.15) is 56.3 Å². The van der Waals surface area contributed by atoms with Gasteiger partial charge in [-0.15, -0.1) is 10.2 Å². The fraction of sp³-hybridized carbons (Fsp3) is 0.450. The van der Waals surface area contributed by atoms with Gasteiger partial charge in [0.15, 0.2) is 5.82 Å². The summed E-state index contributed by atoms with van der Waals surface area (Å²) in [5, 5.41) is 12.1. The summed E-state index contributed by atoms with van der Waals surface area (Å²) in [4.78, 5) is 37.6. The Morgan fingerprint density at radius 1 is 1.23 bits per heavy atom. The lowest BCUT2D eigenvalue weighted by Gasteiger charge is -2.22. The molecule has 1 aromatic carbocycles. The first-order valence-electron chi connectivity index (χ1n) is 10.2. The van der Waals surface area contributed by atoms with Crippen LogP contribution in [0.5, 0.6) is 0 Å². The smallest absolute Gasteiger partial charge is 0.336 e. The lowest BCUT2D eigenvalue weighted by atomic mass is 9.89. The first kappa shape index (κ1) is 21.2. The van der Waals surface area contributed by atoms with Gasteiger partial charge in [-0.1, -0.05) is 61.4 Å². The predicted octanol–water partition coefficient (Wildman–Crippen LogP) is 1.63. The Morgan fingerprint density at radius 2 is 1.94 bits per heavy atom. The molecule has 1 atom stereocenters. The van der Waals surface area contributed by atoms with Gasteiger partial charge in [-0.25, -0.2) is 9.47 Å². The molecule has 11 heteroatoms. The first-order chi connectivity index (χ1) is 14.9. The molecule has 1 saturated carbocycles. The van der Waals surface area contributed by atoms with Crippen molar-refractivity contribution in [3.63, 3.8) is 0 Å². The van der Waals surface area contributed by atoms with Crippen molar-refractivity contribution >= 4 is 29.6 Å². The van der Waals surface area contributed by atoms with E-state index in [9.17, 15) is 14.4 Å². The number of nitrogens with two attached hydrogens (primary N) is 1. The molecule has 31 heavy (non-hydrogen) atoms. The van der Waals surface area contributed by atoms with Crippen molar-refractivity contribution in [3.8, 4) is 0 Å². The van der Waals surface area contributed by atoms with Crippen molar-refractivity contribution in [3.05, 3.63) is 41.7 Å². The van der Waals surface area contributed by atoms with Crippen molar-refractivity contribution < 1.29 is 14.4 Å². The zero-order chi connectivity index (χ0) is 22.0. The van der Waals surface area contributed by atoms with Crippen molar-refractivity contribution in [1.82, 2.24) is 30.6 Å². The third-order valence-electron chi connectivity index (χ3n) is 5.77. The maximum atomic E-state index is 12.9. The van der Waals surface area contributed by atoms with Gasteiger partial charge in [-0.3, -0.25) is 15.0 Å². The number of carbonyl (C=O) groups is 3. The van der Waals surface area contributed by atoms with Crippen LogP contribution < -0.4 is 16.6 Å². The number of nitrogens with zero attached hydrogens (tertiary/aromatic N) is 4. The highest BCUT2D eigenvalue weighted by Crippen LogP contribution is 2.32. The Hall–Kier alpha value is -3.08. The Labute approximate surface area is 183 Å². The summed E-state index contributed by atoms with van der Waals surface area (Å²) in [7, 11) is 0. The van der Waals surface area contributed by atoms with Crippen LogP contribution in [0.25, 0.3) is 0 Å². The molecule has 0 unspecified atom stereocenters. The van der Waals surface area contributed by atoms with Crippen LogP contribution in [0.3, 0.4) is 0 Å². The van der Waals surface area contributed by atoms with Gasteiger partial charge in [-0.2, -0.15) is 5.01 Å². The molecule has 0 spiro atoms. The van der Waals surface area contributed by atoms with Crippen LogP contribution in [-0.2, 0) is 15.1 Å². The zero-order valence-electron chi connectivity index (χ0n) is 17.2. The van der Waals surface area contributed by atoms with Crippen LogP contribution >= 0.6 is 11.8 Å². The van der Waals surface area contributed by atoms with Gasteiger partial charge in [0.25, 0.3) is 5.91 Å². The van der Waals surface area contributed by atoms with Gasteiger partial charge in [-0.05, 0) is 25.3 Å². The Morgan fingerprint density at radius 3 is 2.65 bits per heavy atom. The highest BCUT2D eigenvalue weighted by atomic mass is 32.2. The molecule has 1 aromatic heterocycles. The van der Waals surface area contributed by atoms with Gasteiger partial charge >= 0.3 is 6.03 Å². The molecule has 4 N–H and O–H groups in total. The average molecular weight is 444 g/mol. The lowest BCUT2D eigenvalue weighted by molar-refractivity contribution is -0.138. The van der Waals surface area contributed by atoms with Crippen LogP contribution in [0.2, 0.25) is 0 Å².